The number of rotatable bonds is 3. The third kappa shape index (κ3) is 1.68. The highest BCUT2D eigenvalue weighted by Gasteiger charge is 2.61. The number of nitrogens with zero attached hydrogens (tertiary/aromatic N) is 4. The van der Waals surface area contributed by atoms with Crippen molar-refractivity contribution in [1.82, 2.24) is 25.5 Å². The average molecular weight is 275 g/mol. The third-order valence-electron chi connectivity index (χ3n) is 5.92. The van der Waals surface area contributed by atoms with E-state index >= 15 is 0 Å². The second-order valence-corrected chi connectivity index (χ2v) is 8.39. The Labute approximate surface area is 120 Å². The second-order valence-electron chi connectivity index (χ2n) is 8.39. The lowest BCUT2D eigenvalue weighted by Gasteiger charge is -2.65. The lowest BCUT2D eigenvalue weighted by atomic mass is 9.43. The van der Waals surface area contributed by atoms with E-state index < -0.39 is 0 Å². The minimum absolute atomic E-state index is 0.179. The first-order chi connectivity index (χ1) is 9.46. The first kappa shape index (κ1) is 12.7. The fourth-order valence-corrected chi connectivity index (χ4v) is 6.47. The summed E-state index contributed by atoms with van der Waals surface area (Å²) in [7, 11) is 1.96. The lowest BCUT2D eigenvalue weighted by molar-refractivity contribution is -0.141. The van der Waals surface area contributed by atoms with Gasteiger partial charge >= 0.3 is 0 Å². The van der Waals surface area contributed by atoms with Crippen molar-refractivity contribution in [2.24, 2.45) is 16.7 Å². The van der Waals surface area contributed by atoms with Gasteiger partial charge in [0.1, 0.15) is 0 Å². The average Bonchev–Trinajstić information content (AvgIpc) is 2.73. The second kappa shape index (κ2) is 3.81. The van der Waals surface area contributed by atoms with Gasteiger partial charge in [-0.2, -0.15) is 0 Å². The summed E-state index contributed by atoms with van der Waals surface area (Å²) in [5.41, 5.74) is 1.17. The number of hydrogen-bond donors (Lipinski definition) is 1. The summed E-state index contributed by atoms with van der Waals surface area (Å²) in [6.45, 7) is 5.74. The first-order valence-corrected chi connectivity index (χ1v) is 7.88. The minimum atomic E-state index is 0.179. The fourth-order valence-electron chi connectivity index (χ4n) is 6.47. The number of aromatic nitrogens is 4. The molecule has 1 aromatic rings. The molecule has 4 saturated carbocycles. The molecule has 0 spiro atoms. The van der Waals surface area contributed by atoms with Crippen LogP contribution in [0.5, 0.6) is 0 Å². The van der Waals surface area contributed by atoms with E-state index in [0.717, 1.165) is 18.3 Å². The van der Waals surface area contributed by atoms with Crippen molar-refractivity contribution in [3.05, 3.63) is 5.82 Å². The van der Waals surface area contributed by atoms with E-state index in [1.165, 1.54) is 38.5 Å². The van der Waals surface area contributed by atoms with Crippen molar-refractivity contribution in [2.45, 2.75) is 64.5 Å². The molecule has 1 aromatic heterocycles. The molecule has 5 rings (SSSR count). The van der Waals surface area contributed by atoms with Gasteiger partial charge in [-0.25, -0.2) is 4.68 Å². The Bertz CT molecular complexity index is 518. The van der Waals surface area contributed by atoms with Gasteiger partial charge in [-0.05, 0) is 72.7 Å². The van der Waals surface area contributed by atoms with Crippen LogP contribution < -0.4 is 5.32 Å². The molecule has 0 aliphatic heterocycles. The maximum atomic E-state index is 4.40. The van der Waals surface area contributed by atoms with Gasteiger partial charge < -0.3 is 5.32 Å². The SMILES string of the molecule is CNCc1nnnn1C12CC3CC(C)(CC(C)(C3)C1)C2. The van der Waals surface area contributed by atoms with E-state index in [2.05, 4.69) is 39.4 Å². The maximum absolute atomic E-state index is 4.40. The van der Waals surface area contributed by atoms with E-state index in [1.54, 1.807) is 0 Å². The molecule has 0 radical (unpaired) electrons. The van der Waals surface area contributed by atoms with Gasteiger partial charge in [0, 0.05) is 0 Å². The highest BCUT2D eigenvalue weighted by molar-refractivity contribution is 5.13. The quantitative estimate of drug-likeness (QED) is 0.918. The molecule has 5 nitrogen and oxygen atoms in total. The van der Waals surface area contributed by atoms with E-state index in [4.69, 9.17) is 0 Å². The van der Waals surface area contributed by atoms with Crippen molar-refractivity contribution >= 4 is 0 Å². The summed E-state index contributed by atoms with van der Waals surface area (Å²) in [5, 5.41) is 15.8. The highest BCUT2D eigenvalue weighted by atomic mass is 15.6. The van der Waals surface area contributed by atoms with Crippen LogP contribution in [0.15, 0.2) is 0 Å². The molecule has 4 aliphatic carbocycles. The Morgan fingerprint density at radius 2 is 1.85 bits per heavy atom. The predicted molar refractivity (Wildman–Crippen MR) is 76.0 cm³/mol. The lowest BCUT2D eigenvalue weighted by Crippen LogP contribution is -2.59. The summed E-state index contributed by atoms with van der Waals surface area (Å²) in [5.74, 6) is 1.87. The molecule has 4 bridgehead atoms. The number of nitrogens with one attached hydrogen (secondary N) is 1. The minimum Gasteiger partial charge on any atom is -0.313 e. The van der Waals surface area contributed by atoms with Crippen molar-refractivity contribution in [3.8, 4) is 0 Å². The molecule has 20 heavy (non-hydrogen) atoms. The molecule has 1 heterocycles. The van der Waals surface area contributed by atoms with Gasteiger partial charge in [0.05, 0.1) is 12.1 Å². The number of hydrogen-bond acceptors (Lipinski definition) is 4. The van der Waals surface area contributed by atoms with E-state index in [9.17, 15) is 0 Å². The van der Waals surface area contributed by atoms with Crippen molar-refractivity contribution < 1.29 is 0 Å². The van der Waals surface area contributed by atoms with Gasteiger partial charge in [0.25, 0.3) is 0 Å². The topological polar surface area (TPSA) is 55.6 Å². The van der Waals surface area contributed by atoms with Crippen LogP contribution in [0.3, 0.4) is 0 Å². The summed E-state index contributed by atoms with van der Waals surface area (Å²) in [6.07, 6.45) is 8.00. The Morgan fingerprint density at radius 1 is 1.15 bits per heavy atom. The smallest absolute Gasteiger partial charge is 0.165 e. The van der Waals surface area contributed by atoms with E-state index in [-0.39, 0.29) is 5.54 Å². The molecule has 110 valence electrons. The molecule has 1 N–H and O–H groups in total. The van der Waals surface area contributed by atoms with Crippen LogP contribution >= 0.6 is 0 Å². The van der Waals surface area contributed by atoms with Crippen LogP contribution in [-0.2, 0) is 12.1 Å². The van der Waals surface area contributed by atoms with Crippen LogP contribution in [0.4, 0.5) is 0 Å². The molecule has 4 fully saturated rings. The van der Waals surface area contributed by atoms with E-state index in [0.29, 0.717) is 10.8 Å². The van der Waals surface area contributed by atoms with Gasteiger partial charge in [-0.1, -0.05) is 13.8 Å². The van der Waals surface area contributed by atoms with Gasteiger partial charge in [-0.3, -0.25) is 0 Å². The predicted octanol–water partition coefficient (Wildman–Crippen LogP) is 2.10. The molecule has 2 unspecified atom stereocenters. The Morgan fingerprint density at radius 3 is 2.45 bits per heavy atom. The Balaban J connectivity index is 1.78. The molecule has 0 aromatic carbocycles. The third-order valence-corrected chi connectivity index (χ3v) is 5.92. The molecule has 0 amide bonds. The van der Waals surface area contributed by atoms with Crippen molar-refractivity contribution in [3.63, 3.8) is 0 Å². The van der Waals surface area contributed by atoms with Gasteiger partial charge in [0.15, 0.2) is 5.82 Å². The first-order valence-electron chi connectivity index (χ1n) is 7.88. The normalized spacial score (nSPS) is 46.0. The molecular formula is C15H25N5. The van der Waals surface area contributed by atoms with Crippen LogP contribution in [0.1, 0.15) is 58.2 Å². The zero-order valence-electron chi connectivity index (χ0n) is 12.8. The fraction of sp³-hybridized carbons (Fsp3) is 0.933. The highest BCUT2D eigenvalue weighted by Crippen LogP contribution is 2.68. The molecule has 5 heteroatoms. The summed E-state index contributed by atoms with van der Waals surface area (Å²) >= 11 is 0. The molecular weight excluding hydrogens is 250 g/mol. The van der Waals surface area contributed by atoms with Crippen LogP contribution in [-0.4, -0.2) is 27.3 Å². The van der Waals surface area contributed by atoms with Crippen molar-refractivity contribution in [2.75, 3.05) is 7.05 Å². The largest absolute Gasteiger partial charge is 0.313 e. The van der Waals surface area contributed by atoms with Crippen molar-refractivity contribution in [1.29, 1.82) is 0 Å². The summed E-state index contributed by atoms with van der Waals surface area (Å²) < 4.78 is 2.18. The standard InChI is InChI=1S/C15H25N5/c1-13-4-11-5-14(2,8-13)10-15(6-11,9-13)20-12(7-16-3)17-18-19-20/h11,16H,4-10H2,1-3H3. The Kier molecular flexibility index (Phi) is 2.43. The zero-order valence-corrected chi connectivity index (χ0v) is 12.8. The molecule has 4 aliphatic rings. The molecule has 2 atom stereocenters. The zero-order chi connectivity index (χ0) is 14.0. The summed E-state index contributed by atoms with van der Waals surface area (Å²) in [6, 6.07) is 0. The monoisotopic (exact) mass is 275 g/mol. The van der Waals surface area contributed by atoms with Gasteiger partial charge in [0.2, 0.25) is 0 Å². The summed E-state index contributed by atoms with van der Waals surface area (Å²) in [4.78, 5) is 0. The van der Waals surface area contributed by atoms with Crippen LogP contribution in [0.25, 0.3) is 0 Å². The van der Waals surface area contributed by atoms with E-state index in [1.807, 2.05) is 7.05 Å². The maximum Gasteiger partial charge on any atom is 0.165 e. The number of tetrazole rings is 1. The van der Waals surface area contributed by atoms with Crippen LogP contribution in [0.2, 0.25) is 0 Å². The molecule has 0 saturated heterocycles. The van der Waals surface area contributed by atoms with Crippen LogP contribution in [0, 0.1) is 16.7 Å². The Hall–Kier alpha value is -0.970. The van der Waals surface area contributed by atoms with Gasteiger partial charge in [-0.15, -0.1) is 5.10 Å².